The third-order valence-corrected chi connectivity index (χ3v) is 7.08. The van der Waals surface area contributed by atoms with E-state index in [1.165, 1.54) is 17.4 Å². The van der Waals surface area contributed by atoms with Gasteiger partial charge in [-0.25, -0.2) is 22.2 Å². The quantitative estimate of drug-likeness (QED) is 0.354. The van der Waals surface area contributed by atoms with Crippen molar-refractivity contribution in [3.8, 4) is 10.8 Å². The maximum absolute atomic E-state index is 14.1. The summed E-state index contributed by atoms with van der Waals surface area (Å²) < 4.78 is 55.5. The minimum absolute atomic E-state index is 0.0616. The van der Waals surface area contributed by atoms with Crippen molar-refractivity contribution >= 4 is 27.4 Å². The molecule has 0 spiro atoms. The second-order valence-corrected chi connectivity index (χ2v) is 10.2. The van der Waals surface area contributed by atoms with Crippen molar-refractivity contribution in [2.75, 3.05) is 0 Å². The maximum atomic E-state index is 14.1. The molecule has 2 heterocycles. The van der Waals surface area contributed by atoms with Crippen LogP contribution in [0.15, 0.2) is 64.2 Å². The summed E-state index contributed by atoms with van der Waals surface area (Å²) in [6.45, 7) is 3.94. The molecule has 7 nitrogen and oxygen atoms in total. The van der Waals surface area contributed by atoms with E-state index in [9.17, 15) is 17.2 Å². The SMILES string of the molecule is CC(C)c1csc(-c2nnc(S(=O)(=O)Cc3ccccc3)n2/N=C/c2c(F)cccc2F)n1. The Morgan fingerprint density at radius 1 is 1.06 bits per heavy atom. The highest BCUT2D eigenvalue weighted by Crippen LogP contribution is 2.28. The van der Waals surface area contributed by atoms with E-state index >= 15 is 0 Å². The Kier molecular flexibility index (Phi) is 6.43. The normalized spacial score (nSPS) is 12.2. The molecule has 0 N–H and O–H groups in total. The van der Waals surface area contributed by atoms with Gasteiger partial charge in [-0.05, 0) is 23.6 Å². The number of hydrogen-bond donors (Lipinski definition) is 0. The van der Waals surface area contributed by atoms with Gasteiger partial charge in [0.05, 0.1) is 23.2 Å². The van der Waals surface area contributed by atoms with Crippen LogP contribution in [0.4, 0.5) is 8.78 Å². The van der Waals surface area contributed by atoms with Crippen LogP contribution >= 0.6 is 11.3 Å². The fraction of sp³-hybridized carbons (Fsp3) is 0.182. The molecule has 0 atom stereocenters. The summed E-state index contributed by atoms with van der Waals surface area (Å²) in [5.41, 5.74) is 0.932. The average Bonchev–Trinajstić information content (AvgIpc) is 3.41. The molecule has 170 valence electrons. The van der Waals surface area contributed by atoms with Gasteiger partial charge in [-0.2, -0.15) is 9.78 Å². The second-order valence-electron chi connectivity index (χ2n) is 7.47. The van der Waals surface area contributed by atoms with Crippen LogP contribution in [-0.4, -0.2) is 34.5 Å². The standard InChI is InChI=1S/C22H19F2N5O2S2/c1-14(2)19-12-32-21(26-19)20-27-28-22(33(30,31)13-15-7-4-3-5-8-15)29(20)25-11-16-17(23)9-6-10-18(16)24/h3-12,14H,13H2,1-2H3/b25-11+. The summed E-state index contributed by atoms with van der Waals surface area (Å²) >= 11 is 1.25. The molecule has 2 aromatic carbocycles. The molecule has 0 aliphatic heterocycles. The number of halogens is 2. The molecule has 2 aromatic heterocycles. The van der Waals surface area contributed by atoms with Crippen LogP contribution in [0.25, 0.3) is 10.8 Å². The summed E-state index contributed by atoms with van der Waals surface area (Å²) in [7, 11) is -4.00. The Morgan fingerprint density at radius 3 is 2.39 bits per heavy atom. The molecular weight excluding hydrogens is 468 g/mol. The zero-order chi connectivity index (χ0) is 23.6. The zero-order valence-corrected chi connectivity index (χ0v) is 19.3. The van der Waals surface area contributed by atoms with Gasteiger partial charge in [0.25, 0.3) is 5.16 Å². The lowest BCUT2D eigenvalue weighted by Crippen LogP contribution is -2.12. The highest BCUT2D eigenvalue weighted by atomic mass is 32.2. The number of benzene rings is 2. The van der Waals surface area contributed by atoms with Crippen LogP contribution in [0, 0.1) is 11.6 Å². The second kappa shape index (κ2) is 9.28. The number of thiazole rings is 1. The molecule has 0 bridgehead atoms. The molecule has 0 fully saturated rings. The minimum atomic E-state index is -4.00. The van der Waals surface area contributed by atoms with E-state index in [2.05, 4.69) is 20.3 Å². The third kappa shape index (κ3) is 4.88. The van der Waals surface area contributed by atoms with Crippen LogP contribution < -0.4 is 0 Å². The van der Waals surface area contributed by atoms with Crippen LogP contribution in [0.5, 0.6) is 0 Å². The topological polar surface area (TPSA) is 90.1 Å². The average molecular weight is 488 g/mol. The van der Waals surface area contributed by atoms with Gasteiger partial charge in [0.1, 0.15) is 11.6 Å². The van der Waals surface area contributed by atoms with Crippen molar-refractivity contribution in [2.24, 2.45) is 5.10 Å². The monoisotopic (exact) mass is 487 g/mol. The van der Waals surface area contributed by atoms with E-state index in [-0.39, 0.29) is 17.5 Å². The Morgan fingerprint density at radius 2 is 1.76 bits per heavy atom. The number of nitrogens with zero attached hydrogens (tertiary/aromatic N) is 5. The molecule has 4 rings (SSSR count). The fourth-order valence-corrected chi connectivity index (χ4v) is 5.23. The Bertz CT molecular complexity index is 1390. The molecule has 0 radical (unpaired) electrons. The first-order valence-electron chi connectivity index (χ1n) is 9.92. The Balaban J connectivity index is 1.83. The highest BCUT2D eigenvalue weighted by Gasteiger charge is 2.27. The van der Waals surface area contributed by atoms with Crippen molar-refractivity contribution in [2.45, 2.75) is 30.7 Å². The minimum Gasteiger partial charge on any atom is -0.237 e. The lowest BCUT2D eigenvalue weighted by atomic mass is 10.2. The molecule has 0 aliphatic carbocycles. The molecule has 0 unspecified atom stereocenters. The van der Waals surface area contributed by atoms with Crippen molar-refractivity contribution in [1.82, 2.24) is 19.9 Å². The van der Waals surface area contributed by atoms with E-state index in [1.54, 1.807) is 30.3 Å². The number of hydrogen-bond acceptors (Lipinski definition) is 7. The zero-order valence-electron chi connectivity index (χ0n) is 17.7. The largest absolute Gasteiger partial charge is 0.271 e. The van der Waals surface area contributed by atoms with E-state index in [0.717, 1.165) is 28.7 Å². The van der Waals surface area contributed by atoms with Gasteiger partial charge >= 0.3 is 0 Å². The van der Waals surface area contributed by atoms with Gasteiger partial charge in [0.15, 0.2) is 5.01 Å². The van der Waals surface area contributed by atoms with E-state index < -0.39 is 32.2 Å². The van der Waals surface area contributed by atoms with Gasteiger partial charge in [-0.1, -0.05) is 50.2 Å². The van der Waals surface area contributed by atoms with Crippen molar-refractivity contribution in [3.05, 3.63) is 82.4 Å². The van der Waals surface area contributed by atoms with Crippen LogP contribution in [0.1, 0.15) is 36.6 Å². The van der Waals surface area contributed by atoms with Crippen LogP contribution in [0.3, 0.4) is 0 Å². The van der Waals surface area contributed by atoms with E-state index in [0.29, 0.717) is 10.6 Å². The maximum Gasteiger partial charge on any atom is 0.271 e. The number of aromatic nitrogens is 4. The van der Waals surface area contributed by atoms with Crippen LogP contribution in [0.2, 0.25) is 0 Å². The van der Waals surface area contributed by atoms with Gasteiger partial charge in [0.2, 0.25) is 15.7 Å². The lowest BCUT2D eigenvalue weighted by Gasteiger charge is -2.06. The summed E-state index contributed by atoms with van der Waals surface area (Å²) in [6.07, 6.45) is 0.913. The first kappa shape index (κ1) is 22.9. The number of rotatable bonds is 7. The summed E-state index contributed by atoms with van der Waals surface area (Å²) in [6, 6.07) is 12.0. The first-order chi connectivity index (χ1) is 15.8. The molecule has 33 heavy (non-hydrogen) atoms. The van der Waals surface area contributed by atoms with Gasteiger partial charge < -0.3 is 0 Å². The van der Waals surface area contributed by atoms with Crippen molar-refractivity contribution in [1.29, 1.82) is 0 Å². The molecule has 0 saturated heterocycles. The highest BCUT2D eigenvalue weighted by molar-refractivity contribution is 7.90. The van der Waals surface area contributed by atoms with Gasteiger partial charge in [-0.3, -0.25) is 0 Å². The molecule has 0 aliphatic rings. The van der Waals surface area contributed by atoms with Crippen LogP contribution in [-0.2, 0) is 15.6 Å². The third-order valence-electron chi connectivity index (χ3n) is 4.70. The summed E-state index contributed by atoms with van der Waals surface area (Å²) in [4.78, 5) is 4.49. The molecule has 0 saturated carbocycles. The molecule has 0 amide bonds. The predicted molar refractivity (Wildman–Crippen MR) is 122 cm³/mol. The Labute approximate surface area is 193 Å². The van der Waals surface area contributed by atoms with Gasteiger partial charge in [0, 0.05) is 5.38 Å². The van der Waals surface area contributed by atoms with Crippen molar-refractivity contribution in [3.63, 3.8) is 0 Å². The molecular formula is C22H19F2N5O2S2. The van der Waals surface area contributed by atoms with E-state index in [4.69, 9.17) is 0 Å². The predicted octanol–water partition coefficient (Wildman–Crippen LogP) is 4.66. The smallest absolute Gasteiger partial charge is 0.237 e. The number of sulfone groups is 1. The van der Waals surface area contributed by atoms with Gasteiger partial charge in [-0.15, -0.1) is 21.5 Å². The molecule has 4 aromatic rings. The molecule has 11 heteroatoms. The summed E-state index contributed by atoms with van der Waals surface area (Å²) in [5.74, 6) is -1.81. The first-order valence-corrected chi connectivity index (χ1v) is 12.5. The lowest BCUT2D eigenvalue weighted by molar-refractivity contribution is 0.575. The Hall–Kier alpha value is -3.31. The fourth-order valence-electron chi connectivity index (χ4n) is 2.96. The van der Waals surface area contributed by atoms with Crippen molar-refractivity contribution < 1.29 is 17.2 Å². The summed E-state index contributed by atoms with van der Waals surface area (Å²) in [5, 5.41) is 13.7. The van der Waals surface area contributed by atoms with E-state index in [1.807, 2.05) is 19.2 Å².